The molecule has 80 valence electrons. The summed E-state index contributed by atoms with van der Waals surface area (Å²) in [4.78, 5) is 3.95. The van der Waals surface area contributed by atoms with Crippen LogP contribution in [0.15, 0.2) is 36.4 Å². The van der Waals surface area contributed by atoms with Crippen molar-refractivity contribution in [2.75, 3.05) is 11.9 Å². The van der Waals surface area contributed by atoms with E-state index in [0.29, 0.717) is 5.70 Å². The van der Waals surface area contributed by atoms with Gasteiger partial charge in [0.15, 0.2) is 0 Å². The second-order valence-corrected chi connectivity index (χ2v) is 3.17. The molecular weight excluding hydrogens is 212 g/mol. The lowest BCUT2D eigenvalue weighted by Crippen LogP contribution is -2.17. The summed E-state index contributed by atoms with van der Waals surface area (Å²) < 4.78 is 0. The van der Waals surface area contributed by atoms with E-state index in [4.69, 9.17) is 17.0 Å². The summed E-state index contributed by atoms with van der Waals surface area (Å²) in [6.45, 7) is 2.66. The van der Waals surface area contributed by atoms with Crippen LogP contribution in [0.5, 0.6) is 0 Å². The van der Waals surface area contributed by atoms with Crippen molar-refractivity contribution in [3.05, 3.63) is 36.4 Å². The van der Waals surface area contributed by atoms with Crippen LogP contribution in [0, 0.1) is 5.41 Å². The van der Waals surface area contributed by atoms with E-state index in [-0.39, 0.29) is 5.17 Å². The summed E-state index contributed by atoms with van der Waals surface area (Å²) in [5.41, 5.74) is 1.41. The number of nitrogens with one attached hydrogen (secondary N) is 3. The van der Waals surface area contributed by atoms with Crippen LogP contribution in [-0.4, -0.2) is 16.7 Å². The first-order valence-electron chi connectivity index (χ1n) is 4.59. The predicted molar refractivity (Wildman–Crippen MR) is 63.2 cm³/mol. The number of anilines is 1. The summed E-state index contributed by atoms with van der Waals surface area (Å²) >= 11 is 5.59. The molecule has 0 atom stereocenters. The molecule has 5 heteroatoms. The molecule has 0 amide bonds. The van der Waals surface area contributed by atoms with Crippen LogP contribution < -0.4 is 10.6 Å². The number of aromatic nitrogens is 1. The number of hydrogen-bond acceptors (Lipinski definition) is 4. The van der Waals surface area contributed by atoms with E-state index in [1.165, 1.54) is 0 Å². The Morgan fingerprint density at radius 2 is 2.47 bits per heavy atom. The van der Waals surface area contributed by atoms with Gasteiger partial charge in [0, 0.05) is 18.9 Å². The van der Waals surface area contributed by atoms with Crippen LogP contribution in [0.25, 0.3) is 0 Å². The van der Waals surface area contributed by atoms with Gasteiger partial charge in [-0.3, -0.25) is 10.4 Å². The van der Waals surface area contributed by atoms with Crippen molar-refractivity contribution in [1.29, 1.82) is 5.41 Å². The van der Waals surface area contributed by atoms with Gasteiger partial charge < -0.3 is 10.6 Å². The highest BCUT2D eigenvalue weighted by Crippen LogP contribution is 2.04. The number of allylic oxidation sites excluding steroid dienone is 1. The Balaban J connectivity index is 2.65. The fourth-order valence-electron chi connectivity index (χ4n) is 0.986. The summed E-state index contributed by atoms with van der Waals surface area (Å²) in [6.07, 6.45) is 5.04. The van der Waals surface area contributed by atoms with Crippen LogP contribution in [0.2, 0.25) is 0 Å². The molecule has 0 spiro atoms. The first-order chi connectivity index (χ1) is 7.24. The Labute approximate surface area is 93.9 Å². The van der Waals surface area contributed by atoms with E-state index in [1.807, 2.05) is 19.1 Å². The molecule has 1 aromatic rings. The summed E-state index contributed by atoms with van der Waals surface area (Å²) in [5, 5.41) is 13.3. The molecule has 1 heterocycles. The molecule has 0 aromatic carbocycles. The molecule has 15 heavy (non-hydrogen) atoms. The van der Waals surface area contributed by atoms with Gasteiger partial charge in [-0.05, 0) is 19.1 Å². The number of halogens is 1. The van der Waals surface area contributed by atoms with Crippen molar-refractivity contribution < 1.29 is 0 Å². The number of rotatable bonds is 5. The van der Waals surface area contributed by atoms with Gasteiger partial charge in [-0.15, -0.1) is 0 Å². The van der Waals surface area contributed by atoms with Crippen LogP contribution in [-0.2, 0) is 0 Å². The van der Waals surface area contributed by atoms with Gasteiger partial charge in [-0.1, -0.05) is 11.6 Å². The third-order valence-corrected chi connectivity index (χ3v) is 1.85. The fourth-order valence-corrected chi connectivity index (χ4v) is 1.11. The van der Waals surface area contributed by atoms with Gasteiger partial charge in [-0.25, -0.2) is 0 Å². The third kappa shape index (κ3) is 3.99. The minimum absolute atomic E-state index is 0.0201. The standard InChI is InChI=1S/C10H13ClN4/c1-2-14-9(10(11)12)7-15-8-4-3-5-13-6-8/h3-7,12,14-15H,2H2,1H3/b9-7+,12-10?. The maximum Gasteiger partial charge on any atom is 0.145 e. The highest BCUT2D eigenvalue weighted by molar-refractivity contribution is 6.68. The summed E-state index contributed by atoms with van der Waals surface area (Å²) in [6, 6.07) is 3.71. The van der Waals surface area contributed by atoms with Gasteiger partial charge in [0.05, 0.1) is 17.6 Å². The monoisotopic (exact) mass is 224 g/mol. The summed E-state index contributed by atoms with van der Waals surface area (Å²) in [7, 11) is 0. The van der Waals surface area contributed by atoms with Crippen LogP contribution >= 0.6 is 11.6 Å². The molecule has 0 bridgehead atoms. The lowest BCUT2D eigenvalue weighted by Gasteiger charge is -2.06. The SMILES string of the molecule is CCN/C(=C/Nc1cccnc1)C(=N)Cl. The Morgan fingerprint density at radius 3 is 3.00 bits per heavy atom. The second-order valence-electron chi connectivity index (χ2n) is 2.79. The minimum Gasteiger partial charge on any atom is -0.382 e. The zero-order valence-electron chi connectivity index (χ0n) is 8.42. The quantitative estimate of drug-likeness (QED) is 0.672. The Bertz CT molecular complexity index is 348. The van der Waals surface area contributed by atoms with Crippen molar-refractivity contribution in [2.24, 2.45) is 0 Å². The van der Waals surface area contributed by atoms with E-state index < -0.39 is 0 Å². The summed E-state index contributed by atoms with van der Waals surface area (Å²) in [5.74, 6) is 0. The Kier molecular flexibility index (Phi) is 4.63. The van der Waals surface area contributed by atoms with Crippen LogP contribution in [0.3, 0.4) is 0 Å². The van der Waals surface area contributed by atoms with E-state index in [2.05, 4.69) is 15.6 Å². The van der Waals surface area contributed by atoms with E-state index in [0.717, 1.165) is 12.2 Å². The molecule has 0 aliphatic carbocycles. The molecule has 0 saturated heterocycles. The van der Waals surface area contributed by atoms with Crippen molar-refractivity contribution in [1.82, 2.24) is 10.3 Å². The molecule has 0 saturated carbocycles. The molecular formula is C10H13ClN4. The zero-order valence-corrected chi connectivity index (χ0v) is 9.17. The van der Waals surface area contributed by atoms with Crippen molar-refractivity contribution in [3.8, 4) is 0 Å². The van der Waals surface area contributed by atoms with Gasteiger partial charge >= 0.3 is 0 Å². The molecule has 0 aliphatic heterocycles. The van der Waals surface area contributed by atoms with Crippen molar-refractivity contribution in [3.63, 3.8) is 0 Å². The molecule has 3 N–H and O–H groups in total. The van der Waals surface area contributed by atoms with Crippen molar-refractivity contribution >= 4 is 22.5 Å². The maximum atomic E-state index is 7.30. The normalized spacial score (nSPS) is 10.9. The van der Waals surface area contributed by atoms with Crippen molar-refractivity contribution in [2.45, 2.75) is 6.92 Å². The van der Waals surface area contributed by atoms with E-state index in [1.54, 1.807) is 18.6 Å². The zero-order chi connectivity index (χ0) is 11.1. The number of hydrogen-bond donors (Lipinski definition) is 3. The van der Waals surface area contributed by atoms with Crippen LogP contribution in [0.4, 0.5) is 5.69 Å². The molecule has 1 aromatic heterocycles. The number of pyridine rings is 1. The third-order valence-electron chi connectivity index (χ3n) is 1.65. The highest BCUT2D eigenvalue weighted by atomic mass is 35.5. The first kappa shape index (κ1) is 11.5. The largest absolute Gasteiger partial charge is 0.382 e. The van der Waals surface area contributed by atoms with E-state index >= 15 is 0 Å². The average Bonchev–Trinajstić information content (AvgIpc) is 2.25. The molecule has 0 fully saturated rings. The molecule has 0 unspecified atom stereocenters. The predicted octanol–water partition coefficient (Wildman–Crippen LogP) is 2.16. The van der Waals surface area contributed by atoms with Crippen LogP contribution in [0.1, 0.15) is 6.92 Å². The molecule has 1 rings (SSSR count). The first-order valence-corrected chi connectivity index (χ1v) is 4.97. The smallest absolute Gasteiger partial charge is 0.145 e. The van der Waals surface area contributed by atoms with Gasteiger partial charge in [0.1, 0.15) is 5.17 Å². The topological polar surface area (TPSA) is 60.8 Å². The average molecular weight is 225 g/mol. The minimum atomic E-state index is -0.0201. The lowest BCUT2D eigenvalue weighted by molar-refractivity contribution is 0.890. The fraction of sp³-hybridized carbons (Fsp3) is 0.200. The maximum absolute atomic E-state index is 7.30. The second kappa shape index (κ2) is 6.03. The highest BCUT2D eigenvalue weighted by Gasteiger charge is 1.99. The van der Waals surface area contributed by atoms with Gasteiger partial charge in [-0.2, -0.15) is 0 Å². The Morgan fingerprint density at radius 1 is 1.67 bits per heavy atom. The molecule has 0 radical (unpaired) electrons. The Hall–Kier alpha value is -1.55. The van der Waals surface area contributed by atoms with Gasteiger partial charge in [0.2, 0.25) is 0 Å². The number of nitrogens with zero attached hydrogens (tertiary/aromatic N) is 1. The van der Waals surface area contributed by atoms with Gasteiger partial charge in [0.25, 0.3) is 0 Å². The van der Waals surface area contributed by atoms with E-state index in [9.17, 15) is 0 Å². The lowest BCUT2D eigenvalue weighted by atomic mass is 10.4. The molecule has 4 nitrogen and oxygen atoms in total. The molecule has 0 aliphatic rings.